The lowest BCUT2D eigenvalue weighted by Gasteiger charge is -2.34. The number of aromatic nitrogens is 2. The van der Waals surface area contributed by atoms with Crippen LogP contribution in [-0.4, -0.2) is 52.4 Å². The lowest BCUT2D eigenvalue weighted by molar-refractivity contribution is -0.0473. The number of benzene rings is 1. The summed E-state index contributed by atoms with van der Waals surface area (Å²) in [4.78, 5) is 17.5. The minimum atomic E-state index is -5.50. The largest absolute Gasteiger partial charge is 0.516 e. The average Bonchev–Trinajstić information content (AvgIpc) is 3.67. The van der Waals surface area contributed by atoms with Gasteiger partial charge in [0.2, 0.25) is 0 Å². The maximum atomic E-state index is 13.2. The van der Waals surface area contributed by atoms with Crippen LogP contribution in [0.5, 0.6) is 0 Å². The number of halogens is 4. The maximum absolute atomic E-state index is 13.2. The summed E-state index contributed by atoms with van der Waals surface area (Å²) in [6.45, 7) is 1.76. The van der Waals surface area contributed by atoms with E-state index < -0.39 is 15.5 Å². The zero-order valence-electron chi connectivity index (χ0n) is 20.2. The third kappa shape index (κ3) is 4.92. The summed E-state index contributed by atoms with van der Waals surface area (Å²) >= 11 is 6.10. The molecule has 1 saturated carbocycles. The van der Waals surface area contributed by atoms with Gasteiger partial charge in [-0.05, 0) is 49.1 Å². The number of carbonyl (C=O) groups excluding carboxylic acids is 1. The van der Waals surface area contributed by atoms with Gasteiger partial charge in [0.25, 0.3) is 5.91 Å². The van der Waals surface area contributed by atoms with Gasteiger partial charge >= 0.3 is 15.5 Å². The van der Waals surface area contributed by atoms with Crippen LogP contribution in [0.2, 0.25) is 5.02 Å². The van der Waals surface area contributed by atoms with Crippen LogP contribution in [0.15, 0.2) is 47.7 Å². The Morgan fingerprint density at radius 1 is 1.13 bits per heavy atom. The highest BCUT2D eigenvalue weighted by Gasteiger charge is 2.53. The van der Waals surface area contributed by atoms with Gasteiger partial charge in [0.1, 0.15) is 17.2 Å². The number of pyridine rings is 1. The third-order valence-corrected chi connectivity index (χ3v) is 8.17. The quantitative estimate of drug-likeness (QED) is 0.461. The van der Waals surface area contributed by atoms with Crippen molar-refractivity contribution in [1.82, 2.24) is 19.0 Å². The second kappa shape index (κ2) is 9.77. The molecule has 1 fully saturated rings. The Kier molecular flexibility index (Phi) is 6.76. The minimum Gasteiger partial charge on any atom is -0.347 e. The molecule has 1 aliphatic carbocycles. The summed E-state index contributed by atoms with van der Waals surface area (Å²) in [5, 5.41) is 9.15. The molecule has 2 aliphatic rings. The predicted octanol–water partition coefficient (Wildman–Crippen LogP) is 4.18. The van der Waals surface area contributed by atoms with E-state index in [2.05, 4.69) is 15.4 Å². The van der Waals surface area contributed by atoms with Gasteiger partial charge in [-0.15, -0.1) is 0 Å². The first-order valence-corrected chi connectivity index (χ1v) is 13.8. The van der Waals surface area contributed by atoms with Gasteiger partial charge in [-0.3, -0.25) is 14.2 Å². The standard InChI is InChI=1S/C24H24ClF3N6O3S/c1-2-19-21(32-14-17(25)7-10-20(32)30-19)23(35)29-13-15-3-8-18(9-4-15)33-11-12-34(22(31-33)16-5-6-16)38(36,37)24(26,27)28/h3-4,7-10,14,16H,2,5-6,11-13H2,1H3,(H,29,35). The van der Waals surface area contributed by atoms with Crippen molar-refractivity contribution >= 4 is 44.7 Å². The van der Waals surface area contributed by atoms with Gasteiger partial charge in [0.05, 0.1) is 29.5 Å². The van der Waals surface area contributed by atoms with Crippen LogP contribution < -0.4 is 10.3 Å². The number of hydrazone groups is 1. The second-order valence-corrected chi connectivity index (χ2v) is 11.4. The van der Waals surface area contributed by atoms with Gasteiger partial charge in [-0.25, -0.2) is 9.29 Å². The maximum Gasteiger partial charge on any atom is 0.516 e. The topological polar surface area (TPSA) is 99.4 Å². The molecule has 0 radical (unpaired) electrons. The highest BCUT2D eigenvalue weighted by molar-refractivity contribution is 7.90. The first-order chi connectivity index (χ1) is 18.0. The van der Waals surface area contributed by atoms with Crippen LogP contribution in [0.1, 0.15) is 41.5 Å². The Balaban J connectivity index is 1.30. The molecule has 9 nitrogen and oxygen atoms in total. The highest BCUT2D eigenvalue weighted by atomic mass is 35.5. The normalized spacial score (nSPS) is 16.6. The van der Waals surface area contributed by atoms with E-state index in [9.17, 15) is 26.4 Å². The van der Waals surface area contributed by atoms with Crippen molar-refractivity contribution in [3.63, 3.8) is 0 Å². The molecule has 1 aromatic carbocycles. The number of carbonyl (C=O) groups is 1. The average molecular weight is 569 g/mol. The van der Waals surface area contributed by atoms with E-state index in [1.807, 2.05) is 6.92 Å². The number of anilines is 1. The van der Waals surface area contributed by atoms with E-state index in [0.717, 1.165) is 5.56 Å². The van der Waals surface area contributed by atoms with Gasteiger partial charge < -0.3 is 5.32 Å². The molecular weight excluding hydrogens is 545 g/mol. The molecule has 38 heavy (non-hydrogen) atoms. The monoisotopic (exact) mass is 568 g/mol. The van der Waals surface area contributed by atoms with E-state index >= 15 is 0 Å². The number of rotatable bonds is 7. The van der Waals surface area contributed by atoms with Crippen LogP contribution >= 0.6 is 11.6 Å². The number of imidazole rings is 1. The van der Waals surface area contributed by atoms with Crippen molar-refractivity contribution in [1.29, 1.82) is 0 Å². The molecule has 5 rings (SSSR count). The molecule has 202 valence electrons. The van der Waals surface area contributed by atoms with E-state index in [4.69, 9.17) is 11.6 Å². The predicted molar refractivity (Wildman–Crippen MR) is 136 cm³/mol. The number of amides is 1. The molecule has 0 atom stereocenters. The molecule has 3 heterocycles. The van der Waals surface area contributed by atoms with Crippen LogP contribution in [0, 0.1) is 5.92 Å². The van der Waals surface area contributed by atoms with Crippen molar-refractivity contribution in [3.05, 3.63) is 64.6 Å². The molecular formula is C24H24ClF3N6O3S. The van der Waals surface area contributed by atoms with Crippen molar-refractivity contribution in [2.45, 2.75) is 38.2 Å². The number of nitrogens with zero attached hydrogens (tertiary/aromatic N) is 5. The van der Waals surface area contributed by atoms with E-state index in [-0.39, 0.29) is 37.3 Å². The fourth-order valence-corrected chi connectivity index (χ4v) is 5.48. The van der Waals surface area contributed by atoms with Gasteiger partial charge in [-0.2, -0.15) is 26.7 Å². The molecule has 1 amide bonds. The second-order valence-electron chi connectivity index (χ2n) is 9.06. The number of hydrogen-bond acceptors (Lipinski definition) is 6. The number of fused-ring (bicyclic) bond motifs is 1. The lowest BCUT2D eigenvalue weighted by atomic mass is 10.2. The van der Waals surface area contributed by atoms with E-state index in [1.54, 1.807) is 47.0 Å². The first-order valence-electron chi connectivity index (χ1n) is 12.0. The lowest BCUT2D eigenvalue weighted by Crippen LogP contribution is -2.51. The van der Waals surface area contributed by atoms with Crippen LogP contribution in [0.4, 0.5) is 18.9 Å². The zero-order valence-corrected chi connectivity index (χ0v) is 21.8. The summed E-state index contributed by atoms with van der Waals surface area (Å²) in [5.41, 5.74) is -2.31. The van der Waals surface area contributed by atoms with Gasteiger partial charge in [0.15, 0.2) is 0 Å². The van der Waals surface area contributed by atoms with Crippen LogP contribution in [-0.2, 0) is 23.0 Å². The van der Waals surface area contributed by atoms with Crippen molar-refractivity contribution in [2.75, 3.05) is 18.1 Å². The Morgan fingerprint density at radius 3 is 2.47 bits per heavy atom. The van der Waals surface area contributed by atoms with E-state index in [1.165, 1.54) is 5.01 Å². The molecule has 0 saturated heterocycles. The number of alkyl halides is 3. The number of sulfonamides is 1. The molecule has 0 unspecified atom stereocenters. The van der Waals surface area contributed by atoms with E-state index in [0.29, 0.717) is 51.3 Å². The molecule has 14 heteroatoms. The summed E-state index contributed by atoms with van der Waals surface area (Å²) in [6, 6.07) is 10.5. The Hall–Kier alpha value is -3.32. The highest BCUT2D eigenvalue weighted by Crippen LogP contribution is 2.38. The van der Waals surface area contributed by atoms with Crippen molar-refractivity contribution < 1.29 is 26.4 Å². The molecule has 1 N–H and O–H groups in total. The fraction of sp³-hybridized carbons (Fsp3) is 0.375. The van der Waals surface area contributed by atoms with Crippen molar-refractivity contribution in [3.8, 4) is 0 Å². The Labute approximate surface area is 221 Å². The zero-order chi connectivity index (χ0) is 27.2. The molecule has 3 aromatic rings. The molecule has 2 aromatic heterocycles. The SMILES string of the molecule is CCc1nc2ccc(Cl)cn2c1C(=O)NCc1ccc(N2CCN(S(=O)(=O)C(F)(F)F)C(C3CC3)=N2)cc1. The smallest absolute Gasteiger partial charge is 0.347 e. The number of aryl methyl sites for hydroxylation is 1. The Bertz CT molecular complexity index is 1520. The summed E-state index contributed by atoms with van der Waals surface area (Å²) in [6.07, 6.45) is 3.39. The number of hydrogen-bond donors (Lipinski definition) is 1. The summed E-state index contributed by atoms with van der Waals surface area (Å²) in [5.74, 6) is -0.696. The van der Waals surface area contributed by atoms with Crippen molar-refractivity contribution in [2.24, 2.45) is 11.0 Å². The first kappa shape index (κ1) is 26.3. The number of amidine groups is 1. The molecule has 1 aliphatic heterocycles. The Morgan fingerprint density at radius 2 is 1.84 bits per heavy atom. The number of nitrogens with one attached hydrogen (secondary N) is 1. The minimum absolute atomic E-state index is 0.0295. The van der Waals surface area contributed by atoms with Gasteiger partial charge in [-0.1, -0.05) is 30.7 Å². The third-order valence-electron chi connectivity index (χ3n) is 6.41. The van der Waals surface area contributed by atoms with Gasteiger partial charge in [0, 0.05) is 18.7 Å². The van der Waals surface area contributed by atoms with Crippen LogP contribution in [0.3, 0.4) is 0 Å². The fourth-order valence-electron chi connectivity index (χ4n) is 4.31. The summed E-state index contributed by atoms with van der Waals surface area (Å²) < 4.78 is 65.6. The van der Waals surface area contributed by atoms with Crippen LogP contribution in [0.25, 0.3) is 5.65 Å². The molecule has 0 spiro atoms. The molecule has 0 bridgehead atoms. The summed E-state index contributed by atoms with van der Waals surface area (Å²) in [7, 11) is -5.50.